The zero-order chi connectivity index (χ0) is 21.8. The lowest BCUT2D eigenvalue weighted by Crippen LogP contribution is -2.16. The van der Waals surface area contributed by atoms with Gasteiger partial charge in [0.2, 0.25) is 0 Å². The first kappa shape index (κ1) is 21.1. The molecule has 0 radical (unpaired) electrons. The quantitative estimate of drug-likeness (QED) is 0.339. The molecular formula is C26H26N2O2S. The Kier molecular flexibility index (Phi) is 6.33. The second kappa shape index (κ2) is 9.31. The molecule has 4 aromatic rings. The number of thiazole rings is 1. The van der Waals surface area contributed by atoms with Gasteiger partial charge in [0.05, 0.1) is 10.2 Å². The highest BCUT2D eigenvalue weighted by molar-refractivity contribution is 7.16. The van der Waals surface area contributed by atoms with Gasteiger partial charge in [-0.05, 0) is 66.4 Å². The Labute approximate surface area is 186 Å². The van der Waals surface area contributed by atoms with Gasteiger partial charge in [0, 0.05) is 12.1 Å². The van der Waals surface area contributed by atoms with Gasteiger partial charge < -0.3 is 9.30 Å². The van der Waals surface area contributed by atoms with E-state index in [4.69, 9.17) is 4.74 Å². The fourth-order valence-electron chi connectivity index (χ4n) is 3.42. The maximum absolute atomic E-state index is 12.9. The van der Waals surface area contributed by atoms with Crippen molar-refractivity contribution in [3.05, 3.63) is 88.7 Å². The summed E-state index contributed by atoms with van der Waals surface area (Å²) in [5, 5.41) is 0. The van der Waals surface area contributed by atoms with Crippen LogP contribution in [0.4, 0.5) is 0 Å². The molecule has 0 bridgehead atoms. The molecular weight excluding hydrogens is 404 g/mol. The second-order valence-electron chi connectivity index (χ2n) is 7.77. The Morgan fingerprint density at radius 1 is 1.00 bits per heavy atom. The minimum Gasteiger partial charge on any atom is -0.457 e. The summed E-state index contributed by atoms with van der Waals surface area (Å²) in [6, 6.07) is 23.2. The van der Waals surface area contributed by atoms with Crippen molar-refractivity contribution >= 4 is 27.5 Å². The molecule has 0 spiro atoms. The lowest BCUT2D eigenvalue weighted by molar-refractivity contribution is 0.0998. The van der Waals surface area contributed by atoms with Gasteiger partial charge in [-0.25, -0.2) is 0 Å². The number of ether oxygens (including phenoxy) is 1. The molecule has 5 heteroatoms. The molecule has 4 rings (SSSR count). The lowest BCUT2D eigenvalue weighted by Gasteiger charge is -2.06. The van der Waals surface area contributed by atoms with Gasteiger partial charge in [-0.15, -0.1) is 0 Å². The van der Waals surface area contributed by atoms with Crippen LogP contribution in [0.15, 0.2) is 77.8 Å². The maximum atomic E-state index is 12.9. The Bertz CT molecular complexity index is 1250. The molecule has 1 aromatic heterocycles. The summed E-state index contributed by atoms with van der Waals surface area (Å²) in [5.41, 5.74) is 2.97. The summed E-state index contributed by atoms with van der Waals surface area (Å²) in [7, 11) is 0. The van der Waals surface area contributed by atoms with Crippen molar-refractivity contribution in [2.45, 2.75) is 39.7 Å². The van der Waals surface area contributed by atoms with Crippen LogP contribution in [-0.4, -0.2) is 10.5 Å². The van der Waals surface area contributed by atoms with Crippen LogP contribution >= 0.6 is 11.3 Å². The van der Waals surface area contributed by atoms with Crippen LogP contribution in [0.3, 0.4) is 0 Å². The van der Waals surface area contributed by atoms with E-state index in [1.54, 1.807) is 35.6 Å². The average Bonchev–Trinajstić information content (AvgIpc) is 3.11. The lowest BCUT2D eigenvalue weighted by atomic mass is 10.0. The molecule has 0 saturated carbocycles. The molecule has 0 saturated heterocycles. The third-order valence-corrected chi connectivity index (χ3v) is 6.14. The summed E-state index contributed by atoms with van der Waals surface area (Å²) in [4.78, 5) is 18.1. The van der Waals surface area contributed by atoms with Gasteiger partial charge in [-0.2, -0.15) is 4.99 Å². The molecule has 0 atom stereocenters. The minimum atomic E-state index is -0.244. The Balaban J connectivity index is 1.64. The molecule has 158 valence electrons. The third-order valence-electron chi connectivity index (χ3n) is 5.10. The van der Waals surface area contributed by atoms with Crippen LogP contribution in [0, 0.1) is 0 Å². The Hall–Kier alpha value is -3.18. The molecule has 0 aliphatic carbocycles. The van der Waals surface area contributed by atoms with E-state index in [1.165, 1.54) is 5.56 Å². The third kappa shape index (κ3) is 4.78. The smallest absolute Gasteiger partial charge is 0.279 e. The number of aromatic nitrogens is 1. The maximum Gasteiger partial charge on any atom is 0.279 e. The van der Waals surface area contributed by atoms with Crippen LogP contribution in [0.1, 0.15) is 49.0 Å². The zero-order valence-corrected chi connectivity index (χ0v) is 18.9. The highest BCUT2D eigenvalue weighted by atomic mass is 32.1. The zero-order valence-electron chi connectivity index (χ0n) is 18.0. The van der Waals surface area contributed by atoms with E-state index in [-0.39, 0.29) is 5.91 Å². The van der Waals surface area contributed by atoms with Gasteiger partial charge in [0.15, 0.2) is 4.80 Å². The minimum absolute atomic E-state index is 0.244. The number of carbonyl (C=O) groups excluding carboxylic acids is 1. The number of aryl methyl sites for hydroxylation is 1. The highest BCUT2D eigenvalue weighted by Gasteiger charge is 2.11. The van der Waals surface area contributed by atoms with Crippen molar-refractivity contribution in [2.24, 2.45) is 4.99 Å². The molecule has 3 aromatic carbocycles. The number of fused-ring (bicyclic) bond motifs is 1. The molecule has 1 amide bonds. The van der Waals surface area contributed by atoms with E-state index in [0.717, 1.165) is 33.7 Å². The molecule has 0 aliphatic rings. The molecule has 0 fully saturated rings. The van der Waals surface area contributed by atoms with Gasteiger partial charge in [0.1, 0.15) is 11.5 Å². The molecule has 1 heterocycles. The first-order chi connectivity index (χ1) is 15.0. The van der Waals surface area contributed by atoms with Crippen molar-refractivity contribution in [2.75, 3.05) is 0 Å². The van der Waals surface area contributed by atoms with Crippen molar-refractivity contribution in [1.82, 2.24) is 4.57 Å². The van der Waals surface area contributed by atoms with Gasteiger partial charge in [-0.3, -0.25) is 4.79 Å². The summed E-state index contributed by atoms with van der Waals surface area (Å²) in [6.07, 6.45) is 0.977. The van der Waals surface area contributed by atoms with E-state index >= 15 is 0 Å². The Morgan fingerprint density at radius 3 is 2.39 bits per heavy atom. The van der Waals surface area contributed by atoms with E-state index in [1.807, 2.05) is 30.3 Å². The fourth-order valence-corrected chi connectivity index (χ4v) is 4.52. The summed E-state index contributed by atoms with van der Waals surface area (Å²) in [5.74, 6) is 1.67. The molecule has 4 nitrogen and oxygen atoms in total. The topological polar surface area (TPSA) is 43.6 Å². The fraction of sp³-hybridized carbons (Fsp3) is 0.231. The second-order valence-corrected chi connectivity index (χ2v) is 8.78. The van der Waals surface area contributed by atoms with Crippen molar-refractivity contribution < 1.29 is 9.53 Å². The highest BCUT2D eigenvalue weighted by Crippen LogP contribution is 2.24. The van der Waals surface area contributed by atoms with Gasteiger partial charge >= 0.3 is 0 Å². The van der Waals surface area contributed by atoms with E-state index in [0.29, 0.717) is 17.2 Å². The largest absolute Gasteiger partial charge is 0.457 e. The number of hydrogen-bond acceptors (Lipinski definition) is 3. The first-order valence-electron chi connectivity index (χ1n) is 10.6. The Morgan fingerprint density at radius 2 is 1.71 bits per heavy atom. The summed E-state index contributed by atoms with van der Waals surface area (Å²) in [6.45, 7) is 7.34. The number of nitrogens with zero attached hydrogens (tertiary/aromatic N) is 2. The monoisotopic (exact) mass is 430 g/mol. The number of amides is 1. The van der Waals surface area contributed by atoms with E-state index < -0.39 is 0 Å². The van der Waals surface area contributed by atoms with Crippen LogP contribution in [-0.2, 0) is 6.54 Å². The molecule has 31 heavy (non-hydrogen) atoms. The predicted molar refractivity (Wildman–Crippen MR) is 127 cm³/mol. The summed E-state index contributed by atoms with van der Waals surface area (Å²) >= 11 is 1.57. The van der Waals surface area contributed by atoms with Crippen LogP contribution < -0.4 is 9.54 Å². The van der Waals surface area contributed by atoms with Crippen LogP contribution in [0.5, 0.6) is 11.5 Å². The molecule has 0 N–H and O–H groups in total. The van der Waals surface area contributed by atoms with Gasteiger partial charge in [-0.1, -0.05) is 56.4 Å². The molecule has 0 unspecified atom stereocenters. The van der Waals surface area contributed by atoms with Crippen LogP contribution in [0.25, 0.3) is 10.2 Å². The van der Waals surface area contributed by atoms with Gasteiger partial charge in [0.25, 0.3) is 5.91 Å². The predicted octanol–water partition coefficient (Wildman–Crippen LogP) is 6.77. The number of benzene rings is 3. The number of rotatable bonds is 6. The number of hydrogen-bond donors (Lipinski definition) is 0. The van der Waals surface area contributed by atoms with Crippen molar-refractivity contribution in [1.29, 1.82) is 0 Å². The normalized spacial score (nSPS) is 11.9. The standard InChI is InChI=1S/C26H26N2O2S/c1-4-16-28-23-15-12-20(18(2)3)17-24(23)31-26(28)27-25(29)19-10-13-22(14-11-19)30-21-8-6-5-7-9-21/h5-15,17-18H,4,16H2,1-3H3. The summed E-state index contributed by atoms with van der Waals surface area (Å²) < 4.78 is 9.12. The van der Waals surface area contributed by atoms with Crippen molar-refractivity contribution in [3.8, 4) is 11.5 Å². The SMILES string of the molecule is CCCn1c(=NC(=O)c2ccc(Oc3ccccc3)cc2)sc2cc(C(C)C)ccc21. The average molecular weight is 431 g/mol. The number of para-hydroxylation sites is 1. The number of carbonyl (C=O) groups is 1. The van der Waals surface area contributed by atoms with Crippen molar-refractivity contribution in [3.63, 3.8) is 0 Å². The van der Waals surface area contributed by atoms with Crippen LogP contribution in [0.2, 0.25) is 0 Å². The molecule has 0 aliphatic heterocycles. The van der Waals surface area contributed by atoms with E-state index in [9.17, 15) is 4.79 Å². The van der Waals surface area contributed by atoms with E-state index in [2.05, 4.69) is 48.5 Å². The first-order valence-corrected chi connectivity index (χ1v) is 11.4.